The number of benzene rings is 1. The van der Waals surface area contributed by atoms with Crippen LogP contribution in [-0.4, -0.2) is 19.0 Å². The second-order valence-corrected chi connectivity index (χ2v) is 5.15. The minimum atomic E-state index is 0.219. The number of methoxy groups -OCH3 is 1. The molecule has 0 radical (unpaired) electrons. The van der Waals surface area contributed by atoms with Gasteiger partial charge in [-0.05, 0) is 43.0 Å². The van der Waals surface area contributed by atoms with Gasteiger partial charge in [-0.3, -0.25) is 11.3 Å². The van der Waals surface area contributed by atoms with Crippen molar-refractivity contribution in [3.63, 3.8) is 0 Å². The van der Waals surface area contributed by atoms with E-state index in [1.165, 1.54) is 0 Å². The molecule has 0 aromatic heterocycles. The van der Waals surface area contributed by atoms with Crippen LogP contribution in [0.25, 0.3) is 0 Å². The summed E-state index contributed by atoms with van der Waals surface area (Å²) in [4.78, 5) is 0. The van der Waals surface area contributed by atoms with Gasteiger partial charge in [-0.2, -0.15) is 0 Å². The van der Waals surface area contributed by atoms with Crippen LogP contribution in [-0.2, 0) is 6.42 Å². The van der Waals surface area contributed by atoms with E-state index in [2.05, 4.69) is 27.4 Å². The molecule has 0 bridgehead atoms. The van der Waals surface area contributed by atoms with Crippen LogP contribution in [0, 0.1) is 0 Å². The van der Waals surface area contributed by atoms with Crippen molar-refractivity contribution in [3.8, 4) is 5.75 Å². The smallest absolute Gasteiger partial charge is 0.122 e. The first-order valence-corrected chi connectivity index (χ1v) is 6.88. The summed E-state index contributed by atoms with van der Waals surface area (Å²) in [6.07, 6.45) is 2.73. The summed E-state index contributed by atoms with van der Waals surface area (Å²) >= 11 is 9.15. The molecule has 96 valence electrons. The number of hydrogen-bond donors (Lipinski definition) is 2. The molecule has 0 aliphatic heterocycles. The first kappa shape index (κ1) is 14.8. The highest BCUT2D eigenvalue weighted by Gasteiger charge is 2.11. The van der Waals surface area contributed by atoms with Crippen molar-refractivity contribution in [2.45, 2.75) is 25.3 Å². The summed E-state index contributed by atoms with van der Waals surface area (Å²) < 4.78 is 6.38. The van der Waals surface area contributed by atoms with Crippen molar-refractivity contribution in [2.75, 3.05) is 13.0 Å². The summed E-state index contributed by atoms with van der Waals surface area (Å²) in [5, 5.41) is 0. The molecule has 0 aliphatic rings. The lowest BCUT2D eigenvalue weighted by molar-refractivity contribution is 0.402. The Morgan fingerprint density at radius 2 is 2.29 bits per heavy atom. The average Bonchev–Trinajstić information content (AvgIpc) is 2.34. The van der Waals surface area contributed by atoms with Gasteiger partial charge in [0.25, 0.3) is 0 Å². The van der Waals surface area contributed by atoms with Crippen molar-refractivity contribution in [1.29, 1.82) is 0 Å². The Kier molecular flexibility index (Phi) is 6.89. The molecule has 1 unspecified atom stereocenters. The highest BCUT2D eigenvalue weighted by Crippen LogP contribution is 2.24. The van der Waals surface area contributed by atoms with Gasteiger partial charge in [0.15, 0.2) is 0 Å². The number of rotatable bonds is 7. The van der Waals surface area contributed by atoms with Gasteiger partial charge in [0.2, 0.25) is 0 Å². The van der Waals surface area contributed by atoms with Crippen LogP contribution in [0.2, 0.25) is 0 Å². The van der Waals surface area contributed by atoms with Crippen LogP contribution in [0.15, 0.2) is 22.7 Å². The van der Waals surface area contributed by atoms with Crippen LogP contribution in [0.3, 0.4) is 0 Å². The fourth-order valence-corrected chi connectivity index (χ4v) is 2.30. The van der Waals surface area contributed by atoms with Crippen LogP contribution < -0.4 is 16.0 Å². The van der Waals surface area contributed by atoms with E-state index >= 15 is 0 Å². The molecule has 0 heterocycles. The zero-order chi connectivity index (χ0) is 12.7. The van der Waals surface area contributed by atoms with Crippen LogP contribution in [0.1, 0.15) is 18.4 Å². The molecule has 3 N–H and O–H groups in total. The van der Waals surface area contributed by atoms with Crippen LogP contribution in [0.4, 0.5) is 0 Å². The molecule has 17 heavy (non-hydrogen) atoms. The lowest BCUT2D eigenvalue weighted by atomic mass is 10.0. The predicted molar refractivity (Wildman–Crippen MR) is 75.5 cm³/mol. The summed E-state index contributed by atoms with van der Waals surface area (Å²) in [6.45, 7) is 0. The fourth-order valence-electron chi connectivity index (χ4n) is 1.74. The Morgan fingerprint density at radius 1 is 1.53 bits per heavy atom. The van der Waals surface area contributed by atoms with Gasteiger partial charge in [-0.15, -0.1) is 11.6 Å². The molecular formula is C12H18BrClN2O. The molecule has 3 nitrogen and oxygen atoms in total. The van der Waals surface area contributed by atoms with Gasteiger partial charge in [-0.25, -0.2) is 0 Å². The van der Waals surface area contributed by atoms with E-state index in [0.29, 0.717) is 5.88 Å². The highest BCUT2D eigenvalue weighted by molar-refractivity contribution is 9.10. The number of alkyl halides is 1. The first-order chi connectivity index (χ1) is 8.21. The molecule has 1 aromatic rings. The summed E-state index contributed by atoms with van der Waals surface area (Å²) in [6, 6.07) is 6.20. The maximum absolute atomic E-state index is 5.69. The van der Waals surface area contributed by atoms with E-state index in [1.807, 2.05) is 12.1 Å². The lowest BCUT2D eigenvalue weighted by Gasteiger charge is -2.17. The lowest BCUT2D eigenvalue weighted by Crippen LogP contribution is -2.36. The van der Waals surface area contributed by atoms with E-state index in [4.69, 9.17) is 22.2 Å². The normalized spacial score (nSPS) is 12.5. The van der Waals surface area contributed by atoms with Gasteiger partial charge < -0.3 is 4.74 Å². The Labute approximate surface area is 116 Å². The van der Waals surface area contributed by atoms with Gasteiger partial charge >= 0.3 is 0 Å². The largest absolute Gasteiger partial charge is 0.496 e. The number of hydrogen-bond acceptors (Lipinski definition) is 3. The van der Waals surface area contributed by atoms with E-state index in [9.17, 15) is 0 Å². The van der Waals surface area contributed by atoms with E-state index < -0.39 is 0 Å². The second-order valence-electron chi connectivity index (χ2n) is 3.86. The minimum Gasteiger partial charge on any atom is -0.496 e. The van der Waals surface area contributed by atoms with Gasteiger partial charge in [0.1, 0.15) is 5.75 Å². The molecule has 0 saturated carbocycles. The van der Waals surface area contributed by atoms with Crippen molar-refractivity contribution in [3.05, 3.63) is 28.2 Å². The Balaban J connectivity index is 2.73. The van der Waals surface area contributed by atoms with E-state index in [1.54, 1.807) is 7.11 Å². The Morgan fingerprint density at radius 3 is 2.88 bits per heavy atom. The van der Waals surface area contributed by atoms with Gasteiger partial charge in [-0.1, -0.05) is 15.9 Å². The summed E-state index contributed by atoms with van der Waals surface area (Å²) in [5.41, 5.74) is 3.96. The number of ether oxygens (including phenoxy) is 1. The molecule has 1 rings (SSSR count). The van der Waals surface area contributed by atoms with E-state index in [-0.39, 0.29) is 6.04 Å². The van der Waals surface area contributed by atoms with Crippen molar-refractivity contribution < 1.29 is 4.74 Å². The fraction of sp³-hybridized carbons (Fsp3) is 0.500. The molecule has 1 atom stereocenters. The third kappa shape index (κ3) is 4.84. The zero-order valence-electron chi connectivity index (χ0n) is 9.88. The molecule has 1 aromatic carbocycles. The Hall–Kier alpha value is -0.290. The van der Waals surface area contributed by atoms with E-state index in [0.717, 1.165) is 35.0 Å². The Bertz CT molecular complexity index is 349. The third-order valence-corrected chi connectivity index (χ3v) is 3.39. The third-order valence-electron chi connectivity index (χ3n) is 2.63. The molecule has 0 spiro atoms. The predicted octanol–water partition coefficient (Wildman–Crippen LogP) is 2.85. The molecule has 0 fully saturated rings. The summed E-state index contributed by atoms with van der Waals surface area (Å²) in [7, 11) is 1.68. The minimum absolute atomic E-state index is 0.219. The number of halogens is 2. The molecule has 0 saturated heterocycles. The number of nitrogens with two attached hydrogens (primary N) is 1. The van der Waals surface area contributed by atoms with Crippen LogP contribution >= 0.6 is 27.5 Å². The SMILES string of the molecule is COc1ccc(Br)cc1CC(CCCCl)NN. The standard InChI is InChI=1S/C12H18BrClN2O/c1-17-12-5-4-10(13)7-9(12)8-11(16-15)3-2-6-14/h4-5,7,11,16H,2-3,6,8,15H2,1H3. The highest BCUT2D eigenvalue weighted by atomic mass is 79.9. The van der Waals surface area contributed by atoms with Crippen molar-refractivity contribution in [2.24, 2.45) is 5.84 Å². The first-order valence-electron chi connectivity index (χ1n) is 5.55. The number of nitrogens with one attached hydrogen (secondary N) is 1. The van der Waals surface area contributed by atoms with Crippen molar-refractivity contribution >= 4 is 27.5 Å². The average molecular weight is 322 g/mol. The van der Waals surface area contributed by atoms with Crippen LogP contribution in [0.5, 0.6) is 5.75 Å². The quantitative estimate of drug-likeness (QED) is 0.461. The maximum atomic E-state index is 5.69. The summed E-state index contributed by atoms with van der Waals surface area (Å²) in [5.74, 6) is 7.09. The molecule has 5 heteroatoms. The molecule has 0 aliphatic carbocycles. The molecule has 0 amide bonds. The zero-order valence-corrected chi connectivity index (χ0v) is 12.2. The van der Waals surface area contributed by atoms with Gasteiger partial charge in [0.05, 0.1) is 7.11 Å². The number of hydrazine groups is 1. The van der Waals surface area contributed by atoms with Crippen molar-refractivity contribution in [1.82, 2.24) is 5.43 Å². The second kappa shape index (κ2) is 7.93. The maximum Gasteiger partial charge on any atom is 0.122 e. The topological polar surface area (TPSA) is 47.3 Å². The monoisotopic (exact) mass is 320 g/mol. The van der Waals surface area contributed by atoms with Gasteiger partial charge in [0, 0.05) is 16.4 Å². The molecular weight excluding hydrogens is 304 g/mol.